The molecule has 1 heterocycles. The molecule has 0 aliphatic rings. The van der Waals surface area contributed by atoms with E-state index in [-0.39, 0.29) is 5.91 Å². The van der Waals surface area contributed by atoms with Gasteiger partial charge in [0.15, 0.2) is 5.69 Å². The van der Waals surface area contributed by atoms with Gasteiger partial charge in [-0.3, -0.25) is 9.48 Å². The highest BCUT2D eigenvalue weighted by molar-refractivity contribution is 5.97. The van der Waals surface area contributed by atoms with Gasteiger partial charge in [0.2, 0.25) is 0 Å². The predicted octanol–water partition coefficient (Wildman–Crippen LogP) is 1.00. The van der Waals surface area contributed by atoms with Gasteiger partial charge in [0, 0.05) is 39.0 Å². The Morgan fingerprint density at radius 3 is 2.24 bits per heavy atom. The zero-order valence-corrected chi connectivity index (χ0v) is 13.2. The number of hydrogen-bond acceptors (Lipinski definition) is 5. The molecule has 120 valence electrons. The van der Waals surface area contributed by atoms with E-state index in [2.05, 4.69) is 5.10 Å². The second-order valence-corrected chi connectivity index (χ2v) is 4.47. The van der Waals surface area contributed by atoms with E-state index in [1.165, 1.54) is 0 Å². The van der Waals surface area contributed by atoms with Gasteiger partial charge in [-0.1, -0.05) is 0 Å². The summed E-state index contributed by atoms with van der Waals surface area (Å²) in [6.07, 6.45) is 1.68. The lowest BCUT2D eigenvalue weighted by molar-refractivity contribution is 0.0545. The molecule has 1 aromatic rings. The molecular formula is C14H26N4O3. The lowest BCUT2D eigenvalue weighted by atomic mass is 10.3. The van der Waals surface area contributed by atoms with Crippen molar-refractivity contribution in [1.29, 1.82) is 0 Å². The monoisotopic (exact) mass is 298 g/mol. The molecule has 7 heteroatoms. The topological polar surface area (TPSA) is 82.6 Å². The summed E-state index contributed by atoms with van der Waals surface area (Å²) < 4.78 is 12.3. The largest absolute Gasteiger partial charge is 0.396 e. The Labute approximate surface area is 126 Å². The zero-order chi connectivity index (χ0) is 15.7. The summed E-state index contributed by atoms with van der Waals surface area (Å²) in [6.45, 7) is 9.70. The molecule has 0 atom stereocenters. The molecule has 0 aliphatic heterocycles. The summed E-state index contributed by atoms with van der Waals surface area (Å²) in [5.74, 6) is -0.181. The third-order valence-electron chi connectivity index (χ3n) is 3.02. The maximum Gasteiger partial charge on any atom is 0.276 e. The highest BCUT2D eigenvalue weighted by Crippen LogP contribution is 2.12. The number of aromatic nitrogens is 2. The highest BCUT2D eigenvalue weighted by atomic mass is 16.5. The maximum atomic E-state index is 12.5. The van der Waals surface area contributed by atoms with Crippen molar-refractivity contribution < 1.29 is 14.3 Å². The van der Waals surface area contributed by atoms with Gasteiger partial charge in [0.25, 0.3) is 5.91 Å². The average molecular weight is 298 g/mol. The summed E-state index contributed by atoms with van der Waals surface area (Å²) >= 11 is 0. The van der Waals surface area contributed by atoms with E-state index in [0.29, 0.717) is 57.4 Å². The van der Waals surface area contributed by atoms with Crippen LogP contribution in [0.4, 0.5) is 5.69 Å². The first-order valence-electron chi connectivity index (χ1n) is 7.41. The molecule has 1 rings (SSSR count). The number of hydrogen-bond donors (Lipinski definition) is 1. The number of carbonyl (C=O) groups is 1. The Morgan fingerprint density at radius 1 is 1.24 bits per heavy atom. The number of nitrogen functional groups attached to an aromatic ring is 1. The van der Waals surface area contributed by atoms with Crippen molar-refractivity contribution in [1.82, 2.24) is 14.7 Å². The molecule has 0 radical (unpaired) electrons. The Balaban J connectivity index is 2.73. The fraction of sp³-hybridized carbons (Fsp3) is 0.714. The van der Waals surface area contributed by atoms with E-state index in [0.717, 1.165) is 0 Å². The average Bonchev–Trinajstić information content (AvgIpc) is 2.86. The van der Waals surface area contributed by atoms with Crippen molar-refractivity contribution in [2.45, 2.75) is 27.3 Å². The van der Waals surface area contributed by atoms with E-state index in [9.17, 15) is 4.79 Å². The summed E-state index contributed by atoms with van der Waals surface area (Å²) in [5, 5.41) is 4.22. The summed E-state index contributed by atoms with van der Waals surface area (Å²) in [4.78, 5) is 14.2. The molecule has 21 heavy (non-hydrogen) atoms. The quantitative estimate of drug-likeness (QED) is 0.652. The number of ether oxygens (including phenoxy) is 2. The van der Waals surface area contributed by atoms with Crippen LogP contribution in [0, 0.1) is 0 Å². The van der Waals surface area contributed by atoms with Crippen LogP contribution in [-0.2, 0) is 16.0 Å². The van der Waals surface area contributed by atoms with Crippen LogP contribution in [0.1, 0.15) is 31.3 Å². The Bertz CT molecular complexity index is 424. The van der Waals surface area contributed by atoms with Crippen LogP contribution in [0.2, 0.25) is 0 Å². The molecule has 0 aromatic carbocycles. The second-order valence-electron chi connectivity index (χ2n) is 4.47. The molecule has 0 saturated carbocycles. The standard InChI is InChI=1S/C14H26N4O3/c1-4-18-11-12(15)13(16-18)14(19)17(7-9-20-5-2)8-10-21-6-3/h11H,4-10,15H2,1-3H3. The third-order valence-corrected chi connectivity index (χ3v) is 3.02. The number of carbonyl (C=O) groups excluding carboxylic acids is 1. The lowest BCUT2D eigenvalue weighted by Crippen LogP contribution is -2.37. The van der Waals surface area contributed by atoms with Crippen LogP contribution < -0.4 is 5.73 Å². The first-order chi connectivity index (χ1) is 10.1. The first kappa shape index (κ1) is 17.5. The van der Waals surface area contributed by atoms with Crippen LogP contribution in [0.15, 0.2) is 6.20 Å². The van der Waals surface area contributed by atoms with Crippen LogP contribution in [0.3, 0.4) is 0 Å². The fourth-order valence-corrected chi connectivity index (χ4v) is 1.87. The van der Waals surface area contributed by atoms with Crippen molar-refractivity contribution in [3.63, 3.8) is 0 Å². The SMILES string of the molecule is CCOCCN(CCOCC)C(=O)c1nn(CC)cc1N. The molecule has 7 nitrogen and oxygen atoms in total. The summed E-state index contributed by atoms with van der Waals surface area (Å²) in [5.41, 5.74) is 6.57. The van der Waals surface area contributed by atoms with Crippen LogP contribution >= 0.6 is 0 Å². The minimum Gasteiger partial charge on any atom is -0.396 e. The Kier molecular flexibility index (Phi) is 7.78. The van der Waals surface area contributed by atoms with Gasteiger partial charge in [-0.2, -0.15) is 5.10 Å². The van der Waals surface area contributed by atoms with Gasteiger partial charge in [-0.15, -0.1) is 0 Å². The first-order valence-corrected chi connectivity index (χ1v) is 7.41. The maximum absolute atomic E-state index is 12.5. The molecular weight excluding hydrogens is 272 g/mol. The number of nitrogens with zero attached hydrogens (tertiary/aromatic N) is 3. The van der Waals surface area contributed by atoms with E-state index in [4.69, 9.17) is 15.2 Å². The number of anilines is 1. The number of aryl methyl sites for hydroxylation is 1. The molecule has 0 fully saturated rings. The van der Waals surface area contributed by atoms with Crippen LogP contribution in [0.5, 0.6) is 0 Å². The molecule has 1 amide bonds. The minimum absolute atomic E-state index is 0.181. The fourth-order valence-electron chi connectivity index (χ4n) is 1.87. The van der Waals surface area contributed by atoms with E-state index in [1.807, 2.05) is 20.8 Å². The predicted molar refractivity (Wildman–Crippen MR) is 81.2 cm³/mol. The van der Waals surface area contributed by atoms with E-state index in [1.54, 1.807) is 15.8 Å². The van der Waals surface area contributed by atoms with Crippen molar-refractivity contribution >= 4 is 11.6 Å². The number of nitrogens with two attached hydrogens (primary N) is 1. The molecule has 0 spiro atoms. The molecule has 0 saturated heterocycles. The molecule has 0 aliphatic carbocycles. The van der Waals surface area contributed by atoms with E-state index >= 15 is 0 Å². The molecule has 0 unspecified atom stereocenters. The van der Waals surface area contributed by atoms with Gasteiger partial charge < -0.3 is 20.1 Å². The Hall–Kier alpha value is -1.60. The van der Waals surface area contributed by atoms with Gasteiger partial charge in [0.1, 0.15) is 0 Å². The Morgan fingerprint density at radius 2 is 1.81 bits per heavy atom. The number of amides is 1. The van der Waals surface area contributed by atoms with Gasteiger partial charge in [-0.05, 0) is 20.8 Å². The third kappa shape index (κ3) is 5.35. The van der Waals surface area contributed by atoms with Crippen LogP contribution in [-0.4, -0.2) is 60.1 Å². The van der Waals surface area contributed by atoms with E-state index < -0.39 is 0 Å². The minimum atomic E-state index is -0.181. The normalized spacial score (nSPS) is 10.8. The molecule has 0 bridgehead atoms. The molecule has 1 aromatic heterocycles. The van der Waals surface area contributed by atoms with Gasteiger partial charge in [-0.25, -0.2) is 0 Å². The van der Waals surface area contributed by atoms with Gasteiger partial charge in [0.05, 0.1) is 18.9 Å². The van der Waals surface area contributed by atoms with Crippen molar-refractivity contribution in [3.05, 3.63) is 11.9 Å². The summed E-state index contributed by atoms with van der Waals surface area (Å²) in [6, 6.07) is 0. The summed E-state index contributed by atoms with van der Waals surface area (Å²) in [7, 11) is 0. The van der Waals surface area contributed by atoms with Crippen molar-refractivity contribution in [3.8, 4) is 0 Å². The van der Waals surface area contributed by atoms with Crippen LogP contribution in [0.25, 0.3) is 0 Å². The zero-order valence-electron chi connectivity index (χ0n) is 13.2. The second kappa shape index (κ2) is 9.36. The number of rotatable bonds is 10. The lowest BCUT2D eigenvalue weighted by Gasteiger charge is -2.21. The highest BCUT2D eigenvalue weighted by Gasteiger charge is 2.21. The van der Waals surface area contributed by atoms with Crippen molar-refractivity contribution in [2.24, 2.45) is 0 Å². The smallest absolute Gasteiger partial charge is 0.276 e. The van der Waals surface area contributed by atoms with Gasteiger partial charge >= 0.3 is 0 Å². The van der Waals surface area contributed by atoms with Crippen molar-refractivity contribution in [2.75, 3.05) is 45.3 Å². The molecule has 2 N–H and O–H groups in total.